The molecular weight excluding hydrogens is 284 g/mol. The van der Waals surface area contributed by atoms with E-state index in [1.807, 2.05) is 0 Å². The Hall–Kier alpha value is -0.840. The van der Waals surface area contributed by atoms with E-state index in [0.717, 1.165) is 7.11 Å². The molecule has 8 nitrogen and oxygen atoms in total. The summed E-state index contributed by atoms with van der Waals surface area (Å²) in [5, 5.41) is 4.53. The quantitative estimate of drug-likeness (QED) is 0.638. The van der Waals surface area contributed by atoms with Crippen molar-refractivity contribution in [3.63, 3.8) is 0 Å². The van der Waals surface area contributed by atoms with E-state index in [1.165, 1.54) is 0 Å². The summed E-state index contributed by atoms with van der Waals surface area (Å²) in [5.74, 6) is -0.0710. The Bertz CT molecular complexity index is 447. The molecule has 1 unspecified atom stereocenters. The highest BCUT2D eigenvalue weighted by Crippen LogP contribution is 2.44. The topological polar surface area (TPSA) is 111 Å². The van der Waals surface area contributed by atoms with Gasteiger partial charge in [0.05, 0.1) is 7.11 Å². The van der Waals surface area contributed by atoms with E-state index < -0.39 is 38.7 Å². The van der Waals surface area contributed by atoms with Crippen molar-refractivity contribution >= 4 is 32.6 Å². The van der Waals surface area contributed by atoms with Crippen LogP contribution in [-0.2, 0) is 23.0 Å². The average molecular weight is 300 g/mol. The molecule has 0 bridgehead atoms. The van der Waals surface area contributed by atoms with Crippen molar-refractivity contribution in [2.45, 2.75) is 12.5 Å². The summed E-state index contributed by atoms with van der Waals surface area (Å²) in [5.41, 5.74) is 0. The lowest BCUT2D eigenvalue weighted by molar-refractivity contribution is -0.120. The summed E-state index contributed by atoms with van der Waals surface area (Å²) < 4.78 is 31.4. The molecule has 1 heterocycles. The second kappa shape index (κ2) is 5.43. The van der Waals surface area contributed by atoms with Gasteiger partial charge in [-0.2, -0.15) is 12.0 Å². The van der Waals surface area contributed by atoms with E-state index in [-0.39, 0.29) is 0 Å². The zero-order chi connectivity index (χ0) is 14.0. The number of nitrogens with one attached hydrogen (secondary N) is 2. The van der Waals surface area contributed by atoms with Gasteiger partial charge >= 0.3 is 16.4 Å². The van der Waals surface area contributed by atoms with Crippen molar-refractivity contribution in [1.82, 2.24) is 10.6 Å². The highest BCUT2D eigenvalue weighted by molar-refractivity contribution is 8.31. The molecule has 0 saturated carbocycles. The molecule has 106 valence electrons. The lowest BCUT2D eigenvalue weighted by atomic mass is 10.2. The maximum absolute atomic E-state index is 11.3. The molecule has 1 aliphatic rings. The van der Waals surface area contributed by atoms with Gasteiger partial charge in [-0.25, -0.2) is 4.79 Å². The molecule has 0 aromatic heterocycles. The molecule has 1 aliphatic heterocycles. The maximum Gasteiger partial charge on any atom is 0.409 e. The SMILES string of the molecule is COS(=O)(=O)OS(C)(C)CCC1NC(=O)NC1=O. The third-order valence-corrected chi connectivity index (χ3v) is 6.00. The van der Waals surface area contributed by atoms with E-state index in [0.29, 0.717) is 12.2 Å². The van der Waals surface area contributed by atoms with Gasteiger partial charge in [0.1, 0.15) is 6.04 Å². The van der Waals surface area contributed by atoms with Gasteiger partial charge in [-0.1, -0.05) is 0 Å². The second-order valence-corrected chi connectivity index (χ2v) is 9.06. The fourth-order valence-electron chi connectivity index (χ4n) is 1.35. The minimum absolute atomic E-state index is 0.305. The zero-order valence-corrected chi connectivity index (χ0v) is 11.9. The largest absolute Gasteiger partial charge is 0.409 e. The van der Waals surface area contributed by atoms with Crippen LogP contribution < -0.4 is 10.6 Å². The third-order valence-electron chi connectivity index (χ3n) is 2.23. The first-order chi connectivity index (χ1) is 8.15. The number of rotatable bonds is 6. The van der Waals surface area contributed by atoms with Gasteiger partial charge in [0, 0.05) is 5.75 Å². The lowest BCUT2D eigenvalue weighted by Crippen LogP contribution is -2.31. The van der Waals surface area contributed by atoms with Crippen molar-refractivity contribution in [2.75, 3.05) is 25.4 Å². The monoisotopic (exact) mass is 300 g/mol. The van der Waals surface area contributed by atoms with Gasteiger partial charge in [-0.3, -0.25) is 14.3 Å². The maximum atomic E-state index is 11.3. The fraction of sp³-hybridized carbons (Fsp3) is 0.750. The fourth-order valence-corrected chi connectivity index (χ4v) is 4.45. The van der Waals surface area contributed by atoms with Gasteiger partial charge in [0.2, 0.25) is 0 Å². The Morgan fingerprint density at radius 1 is 1.28 bits per heavy atom. The summed E-state index contributed by atoms with van der Waals surface area (Å²) in [6.07, 6.45) is 3.58. The van der Waals surface area contributed by atoms with Gasteiger partial charge < -0.3 is 5.32 Å². The van der Waals surface area contributed by atoms with Gasteiger partial charge in [0.25, 0.3) is 5.91 Å². The number of carbonyl (C=O) groups is 2. The van der Waals surface area contributed by atoms with Crippen molar-refractivity contribution in [1.29, 1.82) is 0 Å². The van der Waals surface area contributed by atoms with Gasteiger partial charge in [-0.15, -0.1) is 10.3 Å². The van der Waals surface area contributed by atoms with E-state index in [2.05, 4.69) is 14.8 Å². The molecule has 1 rings (SSSR count). The number of amides is 3. The van der Waals surface area contributed by atoms with E-state index in [9.17, 15) is 18.0 Å². The van der Waals surface area contributed by atoms with Crippen LogP contribution >= 0.6 is 10.3 Å². The molecule has 2 N–H and O–H groups in total. The van der Waals surface area contributed by atoms with Crippen LogP contribution in [0.3, 0.4) is 0 Å². The minimum Gasteiger partial charge on any atom is -0.326 e. The zero-order valence-electron chi connectivity index (χ0n) is 10.3. The van der Waals surface area contributed by atoms with Crippen LogP contribution in [0.15, 0.2) is 0 Å². The summed E-state index contributed by atoms with van der Waals surface area (Å²) in [6, 6.07) is -1.18. The molecule has 0 radical (unpaired) electrons. The molecule has 1 atom stereocenters. The summed E-state index contributed by atoms with van der Waals surface area (Å²) >= 11 is 0. The Balaban J connectivity index is 2.52. The third kappa shape index (κ3) is 4.44. The molecule has 1 fully saturated rings. The van der Waals surface area contributed by atoms with Crippen molar-refractivity contribution < 1.29 is 25.8 Å². The number of urea groups is 1. The van der Waals surface area contributed by atoms with Crippen LogP contribution in [0.25, 0.3) is 0 Å². The molecule has 1 saturated heterocycles. The normalized spacial score (nSPS) is 21.6. The number of carbonyl (C=O) groups excluding carboxylic acids is 2. The standard InChI is InChI=1S/C8H16N2O6S2/c1-15-18(13,14)16-17(2,3)5-4-6-7(11)10-8(12)9-6/h6H,4-5H2,1-3H3,(H2,9,10,11,12). The molecule has 0 aliphatic carbocycles. The number of hydrogen-bond acceptors (Lipinski definition) is 6. The van der Waals surface area contributed by atoms with E-state index >= 15 is 0 Å². The van der Waals surface area contributed by atoms with Crippen LogP contribution in [0.4, 0.5) is 4.79 Å². The first-order valence-corrected chi connectivity index (χ1v) is 8.87. The average Bonchev–Trinajstić information content (AvgIpc) is 2.53. The second-order valence-electron chi connectivity index (χ2n) is 4.09. The van der Waals surface area contributed by atoms with E-state index in [1.54, 1.807) is 12.5 Å². The first kappa shape index (κ1) is 15.2. The Morgan fingerprint density at radius 3 is 2.33 bits per heavy atom. The summed E-state index contributed by atoms with van der Waals surface area (Å²) in [6.45, 7) is 0. The van der Waals surface area contributed by atoms with Crippen LogP contribution in [0, 0.1) is 0 Å². The summed E-state index contributed by atoms with van der Waals surface area (Å²) in [4.78, 5) is 22.2. The predicted octanol–water partition coefficient (Wildman–Crippen LogP) is -0.528. The minimum atomic E-state index is -4.00. The van der Waals surface area contributed by atoms with E-state index in [4.69, 9.17) is 3.63 Å². The molecule has 10 heteroatoms. The summed E-state index contributed by atoms with van der Waals surface area (Å²) in [7, 11) is -4.91. The molecule has 18 heavy (non-hydrogen) atoms. The highest BCUT2D eigenvalue weighted by atomic mass is 32.3. The number of hydrogen-bond donors (Lipinski definition) is 2. The highest BCUT2D eigenvalue weighted by Gasteiger charge is 2.31. The smallest absolute Gasteiger partial charge is 0.326 e. The Kier molecular flexibility index (Phi) is 4.59. The first-order valence-electron chi connectivity index (χ1n) is 4.99. The van der Waals surface area contributed by atoms with Gasteiger partial charge in [0.15, 0.2) is 0 Å². The van der Waals surface area contributed by atoms with Crippen molar-refractivity contribution in [3.8, 4) is 0 Å². The molecule has 0 aromatic rings. The van der Waals surface area contributed by atoms with Gasteiger partial charge in [-0.05, 0) is 18.9 Å². The van der Waals surface area contributed by atoms with Crippen LogP contribution in [0.2, 0.25) is 0 Å². The van der Waals surface area contributed by atoms with Crippen LogP contribution in [0.1, 0.15) is 6.42 Å². The number of imide groups is 1. The van der Waals surface area contributed by atoms with Crippen LogP contribution in [-0.4, -0.2) is 51.8 Å². The molecule has 0 aromatic carbocycles. The molecule has 0 spiro atoms. The van der Waals surface area contributed by atoms with Crippen LogP contribution in [0.5, 0.6) is 0 Å². The predicted molar refractivity (Wildman–Crippen MR) is 66.4 cm³/mol. The van der Waals surface area contributed by atoms with Crippen molar-refractivity contribution in [2.24, 2.45) is 0 Å². The molecule has 3 amide bonds. The lowest BCUT2D eigenvalue weighted by Gasteiger charge is -2.29. The van der Waals surface area contributed by atoms with Crippen molar-refractivity contribution in [3.05, 3.63) is 0 Å². The Labute approximate surface area is 107 Å². The Morgan fingerprint density at radius 2 is 1.89 bits per heavy atom. The molecular formula is C8H16N2O6S2.